The first-order valence-corrected chi connectivity index (χ1v) is 7.55. The van der Waals surface area contributed by atoms with Crippen LogP contribution in [0.1, 0.15) is 48.7 Å². The maximum absolute atomic E-state index is 12.4. The van der Waals surface area contributed by atoms with E-state index >= 15 is 0 Å². The standard InChI is InChI=1S/C16H23NO2S/c1-12(16(2,3)4)17(5)15(19)14-10-9-13(20-14)8-6-7-11-18/h9-10,12,18H,7,11H2,1-5H3. The van der Waals surface area contributed by atoms with Crippen LogP contribution >= 0.6 is 11.3 Å². The Morgan fingerprint density at radius 3 is 2.65 bits per heavy atom. The molecule has 1 atom stereocenters. The fourth-order valence-electron chi connectivity index (χ4n) is 1.66. The van der Waals surface area contributed by atoms with Crippen LogP contribution in [0.15, 0.2) is 12.1 Å². The Kier molecular flexibility index (Phi) is 5.79. The lowest BCUT2D eigenvalue weighted by Crippen LogP contribution is -2.42. The molecule has 0 aliphatic carbocycles. The van der Waals surface area contributed by atoms with Crippen LogP contribution in [0.25, 0.3) is 0 Å². The Morgan fingerprint density at radius 2 is 2.10 bits per heavy atom. The average Bonchev–Trinajstić information content (AvgIpc) is 2.84. The predicted octanol–water partition coefficient (Wildman–Crippen LogP) is 2.99. The van der Waals surface area contributed by atoms with E-state index < -0.39 is 0 Å². The summed E-state index contributed by atoms with van der Waals surface area (Å²) in [6, 6.07) is 3.83. The van der Waals surface area contributed by atoms with Gasteiger partial charge in [0, 0.05) is 19.5 Å². The summed E-state index contributed by atoms with van der Waals surface area (Å²) >= 11 is 1.40. The zero-order chi connectivity index (χ0) is 15.3. The van der Waals surface area contributed by atoms with Gasteiger partial charge in [-0.05, 0) is 24.5 Å². The molecular formula is C16H23NO2S. The third-order valence-electron chi connectivity index (χ3n) is 3.42. The quantitative estimate of drug-likeness (QED) is 0.870. The summed E-state index contributed by atoms with van der Waals surface area (Å²) in [6.07, 6.45) is 0.460. The molecule has 1 heterocycles. The molecule has 0 aromatic carbocycles. The van der Waals surface area contributed by atoms with Gasteiger partial charge in [-0.3, -0.25) is 4.79 Å². The van der Waals surface area contributed by atoms with Gasteiger partial charge in [0.1, 0.15) is 0 Å². The van der Waals surface area contributed by atoms with Crippen molar-refractivity contribution in [3.63, 3.8) is 0 Å². The molecule has 1 N–H and O–H groups in total. The van der Waals surface area contributed by atoms with Gasteiger partial charge in [0.2, 0.25) is 0 Å². The third kappa shape index (κ3) is 4.36. The number of aliphatic hydroxyl groups excluding tert-OH is 1. The van der Waals surface area contributed by atoms with Gasteiger partial charge in [-0.25, -0.2) is 0 Å². The Balaban J connectivity index is 2.81. The molecule has 0 saturated heterocycles. The van der Waals surface area contributed by atoms with E-state index in [1.807, 2.05) is 19.2 Å². The van der Waals surface area contributed by atoms with Crippen LogP contribution in [0.2, 0.25) is 0 Å². The number of thiophene rings is 1. The number of carbonyl (C=O) groups is 1. The lowest BCUT2D eigenvalue weighted by Gasteiger charge is -2.35. The number of carbonyl (C=O) groups excluding carboxylic acids is 1. The molecule has 1 rings (SSSR count). The number of hydrogen-bond acceptors (Lipinski definition) is 3. The summed E-state index contributed by atoms with van der Waals surface area (Å²) < 4.78 is 0. The first kappa shape index (κ1) is 16.7. The molecule has 0 fully saturated rings. The maximum atomic E-state index is 12.4. The fourth-order valence-corrected chi connectivity index (χ4v) is 2.52. The van der Waals surface area contributed by atoms with Crippen molar-refractivity contribution in [2.24, 2.45) is 5.41 Å². The molecule has 20 heavy (non-hydrogen) atoms. The summed E-state index contributed by atoms with van der Waals surface area (Å²) in [5.41, 5.74) is 0.0471. The smallest absolute Gasteiger partial charge is 0.263 e. The van der Waals surface area contributed by atoms with E-state index in [9.17, 15) is 4.79 Å². The van der Waals surface area contributed by atoms with Gasteiger partial charge in [-0.15, -0.1) is 11.3 Å². The van der Waals surface area contributed by atoms with Crippen LogP contribution in [0, 0.1) is 17.3 Å². The first-order valence-electron chi connectivity index (χ1n) is 6.74. The van der Waals surface area contributed by atoms with Gasteiger partial charge in [0.05, 0.1) is 16.4 Å². The fraction of sp³-hybridized carbons (Fsp3) is 0.562. The van der Waals surface area contributed by atoms with Crippen LogP contribution < -0.4 is 0 Å². The van der Waals surface area contributed by atoms with Crippen LogP contribution in [0.3, 0.4) is 0 Å². The highest BCUT2D eigenvalue weighted by Crippen LogP contribution is 2.25. The molecule has 0 spiro atoms. The molecule has 1 amide bonds. The van der Waals surface area contributed by atoms with Gasteiger partial charge in [-0.1, -0.05) is 32.6 Å². The van der Waals surface area contributed by atoms with E-state index in [1.54, 1.807) is 4.90 Å². The van der Waals surface area contributed by atoms with E-state index in [2.05, 4.69) is 39.5 Å². The molecule has 110 valence electrons. The predicted molar refractivity (Wildman–Crippen MR) is 83.9 cm³/mol. The topological polar surface area (TPSA) is 40.5 Å². The second kappa shape index (κ2) is 6.92. The summed E-state index contributed by atoms with van der Waals surface area (Å²) in [4.78, 5) is 15.8. The minimum atomic E-state index is 0.0348. The van der Waals surface area contributed by atoms with Crippen LogP contribution in [-0.4, -0.2) is 35.6 Å². The number of hydrogen-bond donors (Lipinski definition) is 1. The van der Waals surface area contributed by atoms with Crippen molar-refractivity contribution in [1.29, 1.82) is 0 Å². The number of rotatable bonds is 3. The van der Waals surface area contributed by atoms with Crippen molar-refractivity contribution in [1.82, 2.24) is 4.90 Å². The lowest BCUT2D eigenvalue weighted by molar-refractivity contribution is 0.0634. The Bertz CT molecular complexity index is 517. The van der Waals surface area contributed by atoms with Crippen LogP contribution in [0.4, 0.5) is 0 Å². The second-order valence-electron chi connectivity index (χ2n) is 5.90. The van der Waals surface area contributed by atoms with Crippen molar-refractivity contribution < 1.29 is 9.90 Å². The number of aliphatic hydroxyl groups is 1. The SMILES string of the molecule is CC(N(C)C(=O)c1ccc(C#CCCO)s1)C(C)(C)C. The minimum absolute atomic E-state index is 0.0348. The molecule has 0 saturated carbocycles. The van der Waals surface area contributed by atoms with Crippen molar-refractivity contribution in [3.05, 3.63) is 21.9 Å². The van der Waals surface area contributed by atoms with E-state index in [-0.39, 0.29) is 24.0 Å². The Hall–Kier alpha value is -1.31. The molecule has 1 unspecified atom stereocenters. The van der Waals surface area contributed by atoms with E-state index in [0.717, 1.165) is 4.88 Å². The third-order valence-corrected chi connectivity index (χ3v) is 4.41. The molecule has 4 heteroatoms. The second-order valence-corrected chi connectivity index (χ2v) is 6.98. The molecule has 0 aliphatic rings. The van der Waals surface area contributed by atoms with Crippen molar-refractivity contribution in [2.75, 3.05) is 13.7 Å². The normalized spacial score (nSPS) is 12.5. The minimum Gasteiger partial charge on any atom is -0.395 e. The van der Waals surface area contributed by atoms with E-state index in [1.165, 1.54) is 11.3 Å². The van der Waals surface area contributed by atoms with Crippen molar-refractivity contribution in [3.8, 4) is 11.8 Å². The van der Waals surface area contributed by atoms with Crippen LogP contribution in [0.5, 0.6) is 0 Å². The van der Waals surface area contributed by atoms with Crippen LogP contribution in [-0.2, 0) is 0 Å². The average molecular weight is 293 g/mol. The molecule has 3 nitrogen and oxygen atoms in total. The molecule has 1 aromatic rings. The van der Waals surface area contributed by atoms with Gasteiger partial charge in [0.25, 0.3) is 5.91 Å². The maximum Gasteiger partial charge on any atom is 0.263 e. The molecule has 0 bridgehead atoms. The highest BCUT2D eigenvalue weighted by molar-refractivity contribution is 7.14. The first-order chi connectivity index (χ1) is 9.27. The number of amides is 1. The zero-order valence-corrected chi connectivity index (χ0v) is 13.7. The summed E-state index contributed by atoms with van der Waals surface area (Å²) in [5.74, 6) is 5.86. The van der Waals surface area contributed by atoms with Gasteiger partial charge >= 0.3 is 0 Å². The highest BCUT2D eigenvalue weighted by Gasteiger charge is 2.28. The Morgan fingerprint density at radius 1 is 1.45 bits per heavy atom. The molecule has 0 aliphatic heterocycles. The molecular weight excluding hydrogens is 270 g/mol. The number of nitrogens with zero attached hydrogens (tertiary/aromatic N) is 1. The highest BCUT2D eigenvalue weighted by atomic mass is 32.1. The molecule has 0 radical (unpaired) electrons. The summed E-state index contributed by atoms with van der Waals surface area (Å²) in [7, 11) is 1.84. The van der Waals surface area contributed by atoms with E-state index in [4.69, 9.17) is 5.11 Å². The largest absolute Gasteiger partial charge is 0.395 e. The lowest BCUT2D eigenvalue weighted by atomic mass is 9.87. The van der Waals surface area contributed by atoms with Gasteiger partial charge in [0.15, 0.2) is 0 Å². The molecule has 1 aromatic heterocycles. The summed E-state index contributed by atoms with van der Waals surface area (Å²) in [5, 5.41) is 8.69. The van der Waals surface area contributed by atoms with Crippen molar-refractivity contribution >= 4 is 17.2 Å². The van der Waals surface area contributed by atoms with Gasteiger partial charge in [-0.2, -0.15) is 0 Å². The summed E-state index contributed by atoms with van der Waals surface area (Å²) in [6.45, 7) is 8.51. The zero-order valence-electron chi connectivity index (χ0n) is 12.9. The van der Waals surface area contributed by atoms with E-state index in [0.29, 0.717) is 11.3 Å². The Labute approximate surface area is 125 Å². The monoisotopic (exact) mass is 293 g/mol. The van der Waals surface area contributed by atoms with Crippen molar-refractivity contribution in [2.45, 2.75) is 40.2 Å². The van der Waals surface area contributed by atoms with Gasteiger partial charge < -0.3 is 10.0 Å².